The molecule has 158 valence electrons. The zero-order valence-electron chi connectivity index (χ0n) is 16.5. The molecule has 0 saturated heterocycles. The number of para-hydroxylation sites is 1. The van der Waals surface area contributed by atoms with Gasteiger partial charge in [-0.25, -0.2) is 9.67 Å². The first kappa shape index (κ1) is 20.9. The molecule has 0 amide bonds. The number of nitrogens with zero attached hydrogens (tertiary/aromatic N) is 4. The smallest absolute Gasteiger partial charge is 0.419 e. The summed E-state index contributed by atoms with van der Waals surface area (Å²) in [6.45, 7) is 3.11. The van der Waals surface area contributed by atoms with Gasteiger partial charge in [0.2, 0.25) is 0 Å². The summed E-state index contributed by atoms with van der Waals surface area (Å²) in [6.07, 6.45) is -1.91. The van der Waals surface area contributed by atoms with E-state index in [1.54, 1.807) is 7.05 Å². The summed E-state index contributed by atoms with van der Waals surface area (Å²) in [5, 5.41) is 10.9. The fraction of sp³-hybridized carbons (Fsp3) is 0.526. The normalized spacial score (nSPS) is 17.0. The number of hydrogen-bond acceptors (Lipinski definition) is 4. The monoisotopic (exact) mass is 410 g/mol. The Hall–Kier alpha value is -2.78. The quantitative estimate of drug-likeness (QED) is 0.435. The largest absolute Gasteiger partial charge is 0.491 e. The molecule has 0 spiro atoms. The van der Waals surface area contributed by atoms with E-state index in [1.165, 1.54) is 18.2 Å². The molecular formula is C19H25F3N6O. The topological polar surface area (TPSA) is 76.4 Å². The molecule has 0 fully saturated rings. The second-order valence-corrected chi connectivity index (χ2v) is 6.70. The number of hydrogen-bond donors (Lipinski definition) is 2. The van der Waals surface area contributed by atoms with Gasteiger partial charge in [0.1, 0.15) is 18.2 Å². The molecule has 10 heteroatoms. The van der Waals surface area contributed by atoms with E-state index < -0.39 is 11.7 Å². The first-order chi connectivity index (χ1) is 13.9. The van der Waals surface area contributed by atoms with E-state index in [9.17, 15) is 13.2 Å². The number of ether oxygens (including phenoxy) is 1. The van der Waals surface area contributed by atoms with Crippen molar-refractivity contribution in [3.63, 3.8) is 0 Å². The fourth-order valence-corrected chi connectivity index (χ4v) is 3.17. The maximum absolute atomic E-state index is 13.0. The molecule has 3 rings (SSSR count). The third kappa shape index (κ3) is 5.39. The molecule has 29 heavy (non-hydrogen) atoms. The Balaban J connectivity index is 1.47. The van der Waals surface area contributed by atoms with E-state index in [0.717, 1.165) is 37.0 Å². The van der Waals surface area contributed by atoms with Crippen LogP contribution in [0.25, 0.3) is 0 Å². The lowest BCUT2D eigenvalue weighted by atomic mass is 10.1. The minimum absolute atomic E-state index is 0.0749. The summed E-state index contributed by atoms with van der Waals surface area (Å²) < 4.78 is 46.2. The van der Waals surface area contributed by atoms with Gasteiger partial charge in [-0.05, 0) is 18.6 Å². The number of rotatable bonds is 6. The Morgan fingerprint density at radius 1 is 1.34 bits per heavy atom. The van der Waals surface area contributed by atoms with Gasteiger partial charge in [0.05, 0.1) is 18.7 Å². The highest BCUT2D eigenvalue weighted by molar-refractivity contribution is 5.79. The molecule has 1 aromatic heterocycles. The van der Waals surface area contributed by atoms with Crippen LogP contribution in [0.4, 0.5) is 13.2 Å². The molecule has 0 aliphatic carbocycles. The van der Waals surface area contributed by atoms with E-state index in [-0.39, 0.29) is 18.4 Å². The second-order valence-electron chi connectivity index (χ2n) is 6.70. The Bertz CT molecular complexity index is 849. The van der Waals surface area contributed by atoms with Gasteiger partial charge in [-0.15, -0.1) is 0 Å². The van der Waals surface area contributed by atoms with Gasteiger partial charge in [-0.3, -0.25) is 4.99 Å². The van der Waals surface area contributed by atoms with E-state index in [2.05, 4.69) is 25.7 Å². The first-order valence-electron chi connectivity index (χ1n) is 9.59. The SMILES string of the molecule is CCc1nc2n(n1)CC(NC(=NC)NCCOc1ccccc1C(F)(F)F)CC2. The second kappa shape index (κ2) is 9.15. The molecule has 1 aliphatic rings. The minimum atomic E-state index is -4.44. The third-order valence-corrected chi connectivity index (χ3v) is 4.63. The fourth-order valence-electron chi connectivity index (χ4n) is 3.17. The number of alkyl halides is 3. The van der Waals surface area contributed by atoms with Crippen molar-refractivity contribution >= 4 is 5.96 Å². The lowest BCUT2D eigenvalue weighted by molar-refractivity contribution is -0.138. The molecule has 1 atom stereocenters. The van der Waals surface area contributed by atoms with E-state index in [1.807, 2.05) is 11.6 Å². The van der Waals surface area contributed by atoms with Crippen LogP contribution in [0.2, 0.25) is 0 Å². The van der Waals surface area contributed by atoms with Gasteiger partial charge in [0, 0.05) is 25.9 Å². The van der Waals surface area contributed by atoms with Gasteiger partial charge in [0.25, 0.3) is 0 Å². The van der Waals surface area contributed by atoms with Crippen molar-refractivity contribution in [2.24, 2.45) is 4.99 Å². The number of halogens is 3. The zero-order chi connectivity index (χ0) is 20.9. The van der Waals surface area contributed by atoms with Crippen molar-refractivity contribution < 1.29 is 17.9 Å². The highest BCUT2D eigenvalue weighted by Crippen LogP contribution is 2.35. The summed E-state index contributed by atoms with van der Waals surface area (Å²) in [6, 6.07) is 5.33. The van der Waals surface area contributed by atoms with Crippen LogP contribution in [0.15, 0.2) is 29.3 Å². The van der Waals surface area contributed by atoms with Gasteiger partial charge < -0.3 is 15.4 Å². The van der Waals surface area contributed by atoms with Crippen LogP contribution in [0, 0.1) is 0 Å². The van der Waals surface area contributed by atoms with Gasteiger partial charge in [-0.1, -0.05) is 19.1 Å². The molecular weight excluding hydrogens is 385 g/mol. The molecule has 0 bridgehead atoms. The number of nitrogens with one attached hydrogen (secondary N) is 2. The van der Waals surface area contributed by atoms with Crippen molar-refractivity contribution in [2.45, 2.75) is 44.9 Å². The molecule has 1 aromatic carbocycles. The summed E-state index contributed by atoms with van der Waals surface area (Å²) in [5.41, 5.74) is -0.778. The third-order valence-electron chi connectivity index (χ3n) is 4.63. The molecule has 0 radical (unpaired) electrons. The van der Waals surface area contributed by atoms with Crippen molar-refractivity contribution in [1.82, 2.24) is 25.4 Å². The average Bonchev–Trinajstić information content (AvgIpc) is 3.12. The summed E-state index contributed by atoms with van der Waals surface area (Å²) in [4.78, 5) is 8.67. The lowest BCUT2D eigenvalue weighted by Crippen LogP contribution is -2.47. The number of benzene rings is 1. The van der Waals surface area contributed by atoms with E-state index >= 15 is 0 Å². The first-order valence-corrected chi connectivity index (χ1v) is 9.59. The zero-order valence-corrected chi connectivity index (χ0v) is 16.5. The maximum Gasteiger partial charge on any atom is 0.419 e. The van der Waals surface area contributed by atoms with Crippen LogP contribution in [-0.4, -0.2) is 47.0 Å². The molecule has 7 nitrogen and oxygen atoms in total. The van der Waals surface area contributed by atoms with Crippen molar-refractivity contribution in [1.29, 1.82) is 0 Å². The molecule has 1 unspecified atom stereocenters. The van der Waals surface area contributed by atoms with Crippen LogP contribution in [0.5, 0.6) is 5.75 Å². The predicted molar refractivity (Wildman–Crippen MR) is 103 cm³/mol. The number of fused-ring (bicyclic) bond motifs is 1. The molecule has 0 saturated carbocycles. The average molecular weight is 410 g/mol. The Kier molecular flexibility index (Phi) is 6.60. The lowest BCUT2D eigenvalue weighted by Gasteiger charge is -2.25. The van der Waals surface area contributed by atoms with E-state index in [4.69, 9.17) is 4.74 Å². The number of aromatic nitrogens is 3. The van der Waals surface area contributed by atoms with Crippen molar-refractivity contribution in [3.8, 4) is 5.75 Å². The number of guanidine groups is 1. The predicted octanol–water partition coefficient (Wildman–Crippen LogP) is 2.42. The Labute approximate surface area is 167 Å². The highest BCUT2D eigenvalue weighted by Gasteiger charge is 2.34. The molecule has 2 heterocycles. The summed E-state index contributed by atoms with van der Waals surface area (Å²) in [7, 11) is 1.65. The maximum atomic E-state index is 13.0. The summed E-state index contributed by atoms with van der Waals surface area (Å²) >= 11 is 0. The molecule has 2 aromatic rings. The van der Waals surface area contributed by atoms with Crippen LogP contribution >= 0.6 is 0 Å². The van der Waals surface area contributed by atoms with Gasteiger partial charge in [-0.2, -0.15) is 18.3 Å². The van der Waals surface area contributed by atoms with Crippen LogP contribution in [0.1, 0.15) is 30.6 Å². The van der Waals surface area contributed by atoms with Crippen LogP contribution in [-0.2, 0) is 25.6 Å². The standard InChI is InChI=1S/C19H25F3N6O/c1-3-16-26-17-9-8-13(12-28(17)27-16)25-18(23-2)24-10-11-29-15-7-5-4-6-14(15)19(20,21)22/h4-7,13H,3,8-12H2,1-2H3,(H2,23,24,25). The minimum Gasteiger partial charge on any atom is -0.491 e. The molecule has 2 N–H and O–H groups in total. The van der Waals surface area contributed by atoms with Crippen molar-refractivity contribution in [3.05, 3.63) is 41.5 Å². The van der Waals surface area contributed by atoms with Crippen molar-refractivity contribution in [2.75, 3.05) is 20.2 Å². The van der Waals surface area contributed by atoms with Gasteiger partial charge >= 0.3 is 6.18 Å². The Morgan fingerprint density at radius 2 is 2.14 bits per heavy atom. The van der Waals surface area contributed by atoms with Crippen LogP contribution < -0.4 is 15.4 Å². The number of aliphatic imine (C=N–C) groups is 1. The van der Waals surface area contributed by atoms with Crippen LogP contribution in [0.3, 0.4) is 0 Å². The Morgan fingerprint density at radius 3 is 2.86 bits per heavy atom. The van der Waals surface area contributed by atoms with Gasteiger partial charge in [0.15, 0.2) is 11.8 Å². The highest BCUT2D eigenvalue weighted by atomic mass is 19.4. The summed E-state index contributed by atoms with van der Waals surface area (Å²) in [5.74, 6) is 2.24. The molecule has 1 aliphatic heterocycles. The number of aryl methyl sites for hydroxylation is 2. The van der Waals surface area contributed by atoms with E-state index in [0.29, 0.717) is 19.0 Å².